The second-order valence-corrected chi connectivity index (χ2v) is 3.49. The van der Waals surface area contributed by atoms with E-state index >= 15 is 0 Å². The summed E-state index contributed by atoms with van der Waals surface area (Å²) in [5.74, 6) is -1.13. The molecule has 1 fully saturated rings. The summed E-state index contributed by atoms with van der Waals surface area (Å²) in [4.78, 5) is 23.2. The fourth-order valence-electron chi connectivity index (χ4n) is 1.39. The number of amides is 1. The maximum Gasteiger partial charge on any atom is 0.409 e. The Morgan fingerprint density at radius 2 is 2.14 bits per heavy atom. The first-order valence-corrected chi connectivity index (χ1v) is 4.70. The van der Waals surface area contributed by atoms with E-state index in [-0.39, 0.29) is 17.9 Å². The average molecular weight is 201 g/mol. The van der Waals surface area contributed by atoms with E-state index in [1.807, 2.05) is 0 Å². The highest BCUT2D eigenvalue weighted by atomic mass is 16.6. The minimum Gasteiger partial charge on any atom is -0.481 e. The summed E-state index contributed by atoms with van der Waals surface area (Å²) < 4.78 is 4.77. The third kappa shape index (κ3) is 2.16. The van der Waals surface area contributed by atoms with E-state index < -0.39 is 5.97 Å². The Hall–Kier alpha value is -1.26. The minimum atomic E-state index is -0.807. The number of hydrogen-bond acceptors (Lipinski definition) is 3. The van der Waals surface area contributed by atoms with Gasteiger partial charge >= 0.3 is 12.1 Å². The molecule has 80 valence electrons. The van der Waals surface area contributed by atoms with Gasteiger partial charge in [0, 0.05) is 19.0 Å². The molecule has 0 aromatic heterocycles. The van der Waals surface area contributed by atoms with Crippen molar-refractivity contribution in [3.8, 4) is 0 Å². The van der Waals surface area contributed by atoms with Gasteiger partial charge in [0.1, 0.15) is 0 Å². The Bertz CT molecular complexity index is 235. The van der Waals surface area contributed by atoms with Crippen molar-refractivity contribution in [3.05, 3.63) is 0 Å². The number of hydrogen-bond donors (Lipinski definition) is 1. The molecule has 1 heterocycles. The molecule has 0 bridgehead atoms. The first-order chi connectivity index (χ1) is 6.56. The SMILES string of the molecule is CCOC(=O)N1CC(C(C)C(=O)O)C1. The first kappa shape index (κ1) is 10.8. The molecule has 1 unspecified atom stereocenters. The number of carboxylic acids is 1. The lowest BCUT2D eigenvalue weighted by Crippen LogP contribution is -2.53. The lowest BCUT2D eigenvalue weighted by atomic mass is 9.87. The number of aliphatic carboxylic acids is 1. The molecular formula is C9H15NO4. The average Bonchev–Trinajstić information content (AvgIpc) is 2.01. The highest BCUT2D eigenvalue weighted by Crippen LogP contribution is 2.24. The van der Waals surface area contributed by atoms with Crippen molar-refractivity contribution in [3.63, 3.8) is 0 Å². The molecule has 0 aromatic rings. The second-order valence-electron chi connectivity index (χ2n) is 3.49. The summed E-state index contributed by atoms with van der Waals surface area (Å²) >= 11 is 0. The molecule has 1 saturated heterocycles. The van der Waals surface area contributed by atoms with Crippen molar-refractivity contribution in [1.29, 1.82) is 0 Å². The van der Waals surface area contributed by atoms with Gasteiger partial charge < -0.3 is 14.7 Å². The van der Waals surface area contributed by atoms with Gasteiger partial charge in [-0.15, -0.1) is 0 Å². The summed E-state index contributed by atoms with van der Waals surface area (Å²) in [5.41, 5.74) is 0. The standard InChI is InChI=1S/C9H15NO4/c1-3-14-9(13)10-4-7(5-10)6(2)8(11)12/h6-7H,3-5H2,1-2H3,(H,11,12). The number of rotatable bonds is 3. The van der Waals surface area contributed by atoms with Crippen LogP contribution in [0.25, 0.3) is 0 Å². The molecule has 1 amide bonds. The third-order valence-electron chi connectivity index (χ3n) is 2.53. The fraction of sp³-hybridized carbons (Fsp3) is 0.778. The summed E-state index contributed by atoms with van der Waals surface area (Å²) in [5, 5.41) is 8.71. The molecule has 0 aromatic carbocycles. The quantitative estimate of drug-likeness (QED) is 0.733. The number of ether oxygens (including phenoxy) is 1. The summed E-state index contributed by atoms with van der Waals surface area (Å²) in [7, 11) is 0. The molecule has 0 saturated carbocycles. The van der Waals surface area contributed by atoms with Crippen LogP contribution < -0.4 is 0 Å². The van der Waals surface area contributed by atoms with Gasteiger partial charge in [0.2, 0.25) is 0 Å². The van der Waals surface area contributed by atoms with Gasteiger partial charge in [0.15, 0.2) is 0 Å². The van der Waals surface area contributed by atoms with Crippen molar-refractivity contribution >= 4 is 12.1 Å². The van der Waals surface area contributed by atoms with Crippen LogP contribution in [0.15, 0.2) is 0 Å². The molecule has 0 aliphatic carbocycles. The predicted molar refractivity (Wildman–Crippen MR) is 48.9 cm³/mol. The van der Waals surface area contributed by atoms with E-state index in [0.29, 0.717) is 19.7 Å². The summed E-state index contributed by atoms with van der Waals surface area (Å²) in [6, 6.07) is 0. The monoisotopic (exact) mass is 201 g/mol. The van der Waals surface area contributed by atoms with Gasteiger partial charge in [-0.05, 0) is 6.92 Å². The molecular weight excluding hydrogens is 186 g/mol. The molecule has 1 rings (SSSR count). The molecule has 1 N–H and O–H groups in total. The van der Waals surface area contributed by atoms with Gasteiger partial charge in [0.05, 0.1) is 12.5 Å². The minimum absolute atomic E-state index is 0.0666. The Labute approximate surface area is 82.6 Å². The van der Waals surface area contributed by atoms with Gasteiger partial charge in [-0.1, -0.05) is 6.92 Å². The zero-order chi connectivity index (χ0) is 10.7. The van der Waals surface area contributed by atoms with Crippen molar-refractivity contribution in [2.75, 3.05) is 19.7 Å². The van der Waals surface area contributed by atoms with E-state index in [4.69, 9.17) is 9.84 Å². The topological polar surface area (TPSA) is 66.8 Å². The molecule has 1 atom stereocenters. The molecule has 0 radical (unpaired) electrons. The largest absolute Gasteiger partial charge is 0.481 e. The second kappa shape index (κ2) is 4.30. The maximum atomic E-state index is 11.1. The van der Waals surface area contributed by atoms with E-state index in [1.165, 1.54) is 4.90 Å². The zero-order valence-corrected chi connectivity index (χ0v) is 8.40. The zero-order valence-electron chi connectivity index (χ0n) is 8.40. The van der Waals surface area contributed by atoms with Crippen LogP contribution >= 0.6 is 0 Å². The van der Waals surface area contributed by atoms with Crippen molar-refractivity contribution in [2.24, 2.45) is 11.8 Å². The fourth-order valence-corrected chi connectivity index (χ4v) is 1.39. The van der Waals surface area contributed by atoms with Crippen LogP contribution in [-0.4, -0.2) is 41.8 Å². The number of carbonyl (C=O) groups excluding carboxylic acids is 1. The number of carbonyl (C=O) groups is 2. The van der Waals surface area contributed by atoms with Crippen LogP contribution in [0.3, 0.4) is 0 Å². The van der Waals surface area contributed by atoms with Crippen molar-refractivity contribution < 1.29 is 19.4 Å². The highest BCUT2D eigenvalue weighted by Gasteiger charge is 2.37. The predicted octanol–water partition coefficient (Wildman–Crippen LogP) is 0.795. The van der Waals surface area contributed by atoms with E-state index in [9.17, 15) is 9.59 Å². The summed E-state index contributed by atoms with van der Waals surface area (Å²) in [6.45, 7) is 4.75. The molecule has 1 aliphatic heterocycles. The van der Waals surface area contributed by atoms with Crippen LogP contribution in [0.5, 0.6) is 0 Å². The first-order valence-electron chi connectivity index (χ1n) is 4.70. The molecule has 14 heavy (non-hydrogen) atoms. The number of nitrogens with zero attached hydrogens (tertiary/aromatic N) is 1. The molecule has 5 heteroatoms. The van der Waals surface area contributed by atoms with E-state index in [0.717, 1.165) is 0 Å². The lowest BCUT2D eigenvalue weighted by molar-refractivity contribution is -0.145. The lowest BCUT2D eigenvalue weighted by Gasteiger charge is -2.40. The molecule has 5 nitrogen and oxygen atoms in total. The van der Waals surface area contributed by atoms with Crippen LogP contribution in [0, 0.1) is 11.8 Å². The Morgan fingerprint density at radius 1 is 1.57 bits per heavy atom. The number of carboxylic acid groups (broad SMARTS) is 1. The van der Waals surface area contributed by atoms with Crippen LogP contribution in [-0.2, 0) is 9.53 Å². The number of likely N-dealkylation sites (tertiary alicyclic amines) is 1. The van der Waals surface area contributed by atoms with Gasteiger partial charge in [-0.25, -0.2) is 4.79 Å². The van der Waals surface area contributed by atoms with E-state index in [2.05, 4.69) is 0 Å². The Morgan fingerprint density at radius 3 is 2.57 bits per heavy atom. The van der Waals surface area contributed by atoms with E-state index in [1.54, 1.807) is 13.8 Å². The van der Waals surface area contributed by atoms with Gasteiger partial charge in [-0.2, -0.15) is 0 Å². The Kier molecular flexibility index (Phi) is 3.33. The maximum absolute atomic E-state index is 11.1. The normalized spacial score (nSPS) is 18.6. The van der Waals surface area contributed by atoms with Crippen LogP contribution in [0.4, 0.5) is 4.79 Å². The smallest absolute Gasteiger partial charge is 0.409 e. The molecule has 0 spiro atoms. The van der Waals surface area contributed by atoms with Crippen LogP contribution in [0.2, 0.25) is 0 Å². The van der Waals surface area contributed by atoms with Gasteiger partial charge in [-0.3, -0.25) is 4.79 Å². The highest BCUT2D eigenvalue weighted by molar-refractivity contribution is 5.72. The van der Waals surface area contributed by atoms with Crippen molar-refractivity contribution in [1.82, 2.24) is 4.90 Å². The van der Waals surface area contributed by atoms with Gasteiger partial charge in [0.25, 0.3) is 0 Å². The molecule has 1 aliphatic rings. The third-order valence-corrected chi connectivity index (χ3v) is 2.53. The van der Waals surface area contributed by atoms with Crippen molar-refractivity contribution in [2.45, 2.75) is 13.8 Å². The Balaban J connectivity index is 2.29. The summed E-state index contributed by atoms with van der Waals surface area (Å²) in [6.07, 6.45) is -0.346. The van der Waals surface area contributed by atoms with Crippen LogP contribution in [0.1, 0.15) is 13.8 Å².